The van der Waals surface area contributed by atoms with Gasteiger partial charge in [0.25, 0.3) is 0 Å². The van der Waals surface area contributed by atoms with Crippen LogP contribution in [0.1, 0.15) is 28.8 Å². The topological polar surface area (TPSA) is 52.8 Å². The largest absolute Gasteiger partial charge is 0.484 e. The summed E-state index contributed by atoms with van der Waals surface area (Å²) in [5.41, 5.74) is 15.4. The maximum atomic E-state index is 6.95. The lowest BCUT2D eigenvalue weighted by Gasteiger charge is -2.22. The number of hydrogen-bond donors (Lipinski definition) is 0. The summed E-state index contributed by atoms with van der Waals surface area (Å²) in [5, 5.41) is 1.20. The first-order valence-electron chi connectivity index (χ1n) is 21.1. The fourth-order valence-electron chi connectivity index (χ4n) is 9.22. The molecule has 12 rings (SSSR count). The molecule has 0 spiro atoms. The molecular weight excluding hydrogens is 757 g/mol. The number of hydrogen-bond acceptors (Lipinski definition) is 4. The Morgan fingerprint density at radius 2 is 0.903 bits per heavy atom. The van der Waals surface area contributed by atoms with Crippen LogP contribution < -0.4 is 4.74 Å². The molecule has 0 radical (unpaired) electrons. The van der Waals surface area contributed by atoms with Gasteiger partial charge in [-0.05, 0) is 81.9 Å². The Balaban J connectivity index is 0.946. The summed E-state index contributed by atoms with van der Waals surface area (Å²) in [7, 11) is 0. The monoisotopic (exact) mass is 794 g/mol. The lowest BCUT2D eigenvalue weighted by atomic mass is 9.85. The molecule has 2 atom stereocenters. The van der Waals surface area contributed by atoms with E-state index in [4.69, 9.17) is 19.7 Å². The van der Waals surface area contributed by atoms with Gasteiger partial charge in [-0.2, -0.15) is 0 Å². The molecule has 0 saturated carbocycles. The molecule has 1 aliphatic heterocycles. The lowest BCUT2D eigenvalue weighted by molar-refractivity contribution is 0.224. The molecule has 3 heterocycles. The van der Waals surface area contributed by atoms with Crippen molar-refractivity contribution in [2.75, 3.05) is 0 Å². The minimum absolute atomic E-state index is 0.0150. The molecule has 0 saturated heterocycles. The maximum absolute atomic E-state index is 6.95. The van der Waals surface area contributed by atoms with Gasteiger partial charge in [-0.25, -0.2) is 15.0 Å². The molecule has 10 aromatic rings. The predicted molar refractivity (Wildman–Crippen MR) is 251 cm³/mol. The second-order valence-corrected chi connectivity index (χ2v) is 15.9. The molecule has 5 nitrogen and oxygen atoms in total. The quantitative estimate of drug-likeness (QED) is 0.161. The fourth-order valence-corrected chi connectivity index (χ4v) is 9.22. The summed E-state index contributed by atoms with van der Waals surface area (Å²) in [6.07, 6.45) is 4.42. The van der Waals surface area contributed by atoms with Gasteiger partial charge in [0.1, 0.15) is 11.9 Å². The number of ether oxygens (including phenoxy) is 1. The number of rotatable bonds is 7. The van der Waals surface area contributed by atoms with Crippen molar-refractivity contribution in [1.82, 2.24) is 19.5 Å². The zero-order valence-electron chi connectivity index (χ0n) is 33.6. The summed E-state index contributed by atoms with van der Waals surface area (Å²) in [5.74, 6) is 2.75. The van der Waals surface area contributed by atoms with Crippen LogP contribution in [0.25, 0.3) is 90.2 Å². The molecule has 1 aliphatic carbocycles. The van der Waals surface area contributed by atoms with Crippen LogP contribution in [0.2, 0.25) is 0 Å². The van der Waals surface area contributed by atoms with Gasteiger partial charge in [0.05, 0.1) is 11.2 Å². The summed E-state index contributed by atoms with van der Waals surface area (Å²) >= 11 is 0. The second kappa shape index (κ2) is 14.8. The Hall–Kier alpha value is -8.15. The average Bonchev–Trinajstić information content (AvgIpc) is 3.90. The standard InChI is InChI=1S/C57H38N4O/c1-4-14-37(15-5-1)40-26-28-41(29-27-40)55-58-56(44-22-12-20-42(34-44)38-16-6-2-7-17-38)60-57(59-55)45-30-33-52-49(36-45)47-31-32-51-53(54(47)62-52)48-24-10-11-25-50(48)61(51)46-23-13-21-43(35-46)39-18-8-3-9-19-39/h1-36,47,54H. The van der Waals surface area contributed by atoms with Gasteiger partial charge in [0.15, 0.2) is 17.5 Å². The van der Waals surface area contributed by atoms with Gasteiger partial charge in [-0.3, -0.25) is 0 Å². The highest BCUT2D eigenvalue weighted by atomic mass is 16.5. The van der Waals surface area contributed by atoms with Crippen LogP contribution in [0.4, 0.5) is 0 Å². The molecule has 2 aromatic heterocycles. The molecule has 0 fully saturated rings. The van der Waals surface area contributed by atoms with Gasteiger partial charge >= 0.3 is 0 Å². The highest BCUT2D eigenvalue weighted by Crippen LogP contribution is 2.53. The van der Waals surface area contributed by atoms with Gasteiger partial charge in [-0.15, -0.1) is 0 Å². The zero-order chi connectivity index (χ0) is 41.0. The van der Waals surface area contributed by atoms with Crippen LogP contribution in [-0.4, -0.2) is 19.5 Å². The third-order valence-electron chi connectivity index (χ3n) is 12.2. The average molecular weight is 795 g/mol. The second-order valence-electron chi connectivity index (χ2n) is 15.9. The Kier molecular flexibility index (Phi) is 8.56. The molecule has 8 aromatic carbocycles. The molecule has 292 valence electrons. The molecular formula is C57H38N4O. The minimum Gasteiger partial charge on any atom is -0.484 e. The summed E-state index contributed by atoms with van der Waals surface area (Å²) in [6.45, 7) is 0. The maximum Gasteiger partial charge on any atom is 0.164 e. The van der Waals surface area contributed by atoms with Crippen LogP contribution >= 0.6 is 0 Å². The van der Waals surface area contributed by atoms with E-state index in [9.17, 15) is 0 Å². The predicted octanol–water partition coefficient (Wildman–Crippen LogP) is 14.1. The van der Waals surface area contributed by atoms with E-state index in [0.717, 1.165) is 67.2 Å². The molecule has 0 bridgehead atoms. The van der Waals surface area contributed by atoms with Gasteiger partial charge in [0, 0.05) is 44.8 Å². The first-order valence-corrected chi connectivity index (χ1v) is 21.1. The molecule has 0 amide bonds. The summed E-state index contributed by atoms with van der Waals surface area (Å²) in [4.78, 5) is 15.5. The van der Waals surface area contributed by atoms with Crippen LogP contribution in [0.3, 0.4) is 0 Å². The van der Waals surface area contributed by atoms with Crippen molar-refractivity contribution in [3.05, 3.63) is 229 Å². The van der Waals surface area contributed by atoms with E-state index in [1.54, 1.807) is 0 Å². The third kappa shape index (κ3) is 6.22. The fraction of sp³-hybridized carbons (Fsp3) is 0.0351. The van der Waals surface area contributed by atoms with Crippen molar-refractivity contribution >= 4 is 17.0 Å². The van der Waals surface area contributed by atoms with E-state index in [-0.39, 0.29) is 12.0 Å². The summed E-state index contributed by atoms with van der Waals surface area (Å²) in [6, 6.07) is 72.2. The first-order chi connectivity index (χ1) is 30.7. The normalized spacial score (nSPS) is 14.8. The number of aromatic nitrogens is 4. The Morgan fingerprint density at radius 3 is 1.60 bits per heavy atom. The number of benzene rings is 8. The van der Waals surface area contributed by atoms with E-state index < -0.39 is 0 Å². The SMILES string of the molecule is C1=CC2c3cc(-c4nc(-c5ccc(-c6ccccc6)cc5)nc(-c5cccc(-c6ccccc6)c5)n4)ccc3OC2c2c1n(-c1cccc(-c3ccccc3)c1)c1ccccc21. The van der Waals surface area contributed by atoms with E-state index >= 15 is 0 Å². The van der Waals surface area contributed by atoms with Crippen LogP contribution in [-0.2, 0) is 0 Å². The van der Waals surface area contributed by atoms with Crippen LogP contribution in [0.5, 0.6) is 5.75 Å². The first kappa shape index (κ1) is 35.8. The van der Waals surface area contributed by atoms with Crippen LogP contribution in [0.15, 0.2) is 212 Å². The Labute approximate surface area is 360 Å². The molecule has 2 aliphatic rings. The Morgan fingerprint density at radius 1 is 0.403 bits per heavy atom. The van der Waals surface area contributed by atoms with E-state index in [2.05, 4.69) is 211 Å². The number of para-hydroxylation sites is 1. The molecule has 62 heavy (non-hydrogen) atoms. The van der Waals surface area contributed by atoms with Crippen molar-refractivity contribution in [1.29, 1.82) is 0 Å². The van der Waals surface area contributed by atoms with Gasteiger partial charge in [0.2, 0.25) is 0 Å². The molecule has 2 unspecified atom stereocenters. The summed E-state index contributed by atoms with van der Waals surface area (Å²) < 4.78 is 9.33. The van der Waals surface area contributed by atoms with Gasteiger partial charge < -0.3 is 9.30 Å². The highest BCUT2D eigenvalue weighted by Gasteiger charge is 2.40. The van der Waals surface area contributed by atoms with E-state index in [1.165, 1.54) is 22.1 Å². The smallest absolute Gasteiger partial charge is 0.164 e. The highest BCUT2D eigenvalue weighted by molar-refractivity contribution is 5.92. The number of nitrogens with zero attached hydrogens (tertiary/aromatic N) is 4. The minimum atomic E-state index is -0.183. The zero-order valence-corrected chi connectivity index (χ0v) is 33.6. The van der Waals surface area contributed by atoms with Crippen LogP contribution in [0, 0.1) is 0 Å². The van der Waals surface area contributed by atoms with Crippen molar-refractivity contribution < 1.29 is 4.74 Å². The van der Waals surface area contributed by atoms with E-state index in [1.807, 2.05) is 12.1 Å². The molecule has 5 heteroatoms. The van der Waals surface area contributed by atoms with Crippen molar-refractivity contribution in [2.45, 2.75) is 12.0 Å². The van der Waals surface area contributed by atoms with Gasteiger partial charge in [-0.1, -0.05) is 170 Å². The molecule has 0 N–H and O–H groups in total. The van der Waals surface area contributed by atoms with Crippen molar-refractivity contribution in [3.63, 3.8) is 0 Å². The number of fused-ring (bicyclic) bond motifs is 7. The Bertz CT molecular complexity index is 3320. The van der Waals surface area contributed by atoms with E-state index in [0.29, 0.717) is 17.5 Å². The van der Waals surface area contributed by atoms with Crippen molar-refractivity contribution in [2.24, 2.45) is 0 Å². The van der Waals surface area contributed by atoms with Crippen molar-refractivity contribution in [3.8, 4) is 79.0 Å². The third-order valence-corrected chi connectivity index (χ3v) is 12.2. The lowest BCUT2D eigenvalue weighted by Crippen LogP contribution is -2.13.